The molecule has 0 saturated carbocycles. The van der Waals surface area contributed by atoms with Gasteiger partial charge in [-0.05, 0) is 56.7 Å². The molecule has 3 aromatic rings. The fourth-order valence-electron chi connectivity index (χ4n) is 4.41. The van der Waals surface area contributed by atoms with Crippen LogP contribution in [0, 0.1) is 6.92 Å². The normalized spacial score (nSPS) is 11.9. The summed E-state index contributed by atoms with van der Waals surface area (Å²) in [6.45, 7) is 5.00. The van der Waals surface area contributed by atoms with Gasteiger partial charge in [0.1, 0.15) is 12.6 Å². The van der Waals surface area contributed by atoms with E-state index in [1.54, 1.807) is 50.2 Å². The summed E-state index contributed by atoms with van der Waals surface area (Å²) in [5, 5.41) is 3.39. The number of benzene rings is 3. The van der Waals surface area contributed by atoms with E-state index in [9.17, 15) is 18.0 Å². The van der Waals surface area contributed by atoms with Crippen molar-refractivity contribution in [1.82, 2.24) is 10.2 Å². The zero-order valence-corrected chi connectivity index (χ0v) is 26.5. The minimum atomic E-state index is -4.26. The van der Waals surface area contributed by atoms with Crippen LogP contribution in [0.25, 0.3) is 0 Å². The predicted octanol–water partition coefficient (Wildman–Crippen LogP) is 5.46. The number of nitrogens with one attached hydrogen (secondary N) is 1. The van der Waals surface area contributed by atoms with E-state index >= 15 is 0 Å². The van der Waals surface area contributed by atoms with E-state index < -0.39 is 28.5 Å². The van der Waals surface area contributed by atoms with Crippen LogP contribution < -0.4 is 19.1 Å². The molecule has 42 heavy (non-hydrogen) atoms. The maximum atomic E-state index is 14.2. The van der Waals surface area contributed by atoms with Crippen LogP contribution in [0.15, 0.2) is 65.6 Å². The van der Waals surface area contributed by atoms with E-state index in [1.807, 2.05) is 6.92 Å². The van der Waals surface area contributed by atoms with Crippen LogP contribution in [0.1, 0.15) is 31.4 Å². The van der Waals surface area contributed by atoms with Crippen molar-refractivity contribution in [3.05, 3.63) is 81.8 Å². The largest absolute Gasteiger partial charge is 0.493 e. The van der Waals surface area contributed by atoms with E-state index in [-0.39, 0.29) is 35.2 Å². The summed E-state index contributed by atoms with van der Waals surface area (Å²) >= 11 is 12.9. The lowest BCUT2D eigenvalue weighted by atomic mass is 10.1. The summed E-state index contributed by atoms with van der Waals surface area (Å²) in [7, 11) is -1.37. The van der Waals surface area contributed by atoms with Crippen molar-refractivity contribution < 1.29 is 27.5 Å². The fourth-order valence-corrected chi connectivity index (χ4v) is 6.33. The van der Waals surface area contributed by atoms with Gasteiger partial charge in [-0.1, -0.05) is 53.9 Å². The predicted molar refractivity (Wildman–Crippen MR) is 165 cm³/mol. The molecule has 12 heteroatoms. The third-order valence-corrected chi connectivity index (χ3v) is 9.17. The Morgan fingerprint density at radius 3 is 2.10 bits per heavy atom. The van der Waals surface area contributed by atoms with E-state index in [0.717, 1.165) is 9.87 Å². The number of amides is 2. The Balaban J connectivity index is 2.15. The number of hydrogen-bond donors (Lipinski definition) is 1. The number of likely N-dealkylation sites (N-methyl/N-ethyl adjacent to an activating group) is 1. The van der Waals surface area contributed by atoms with Gasteiger partial charge in [0, 0.05) is 34.8 Å². The highest BCUT2D eigenvalue weighted by atomic mass is 35.5. The van der Waals surface area contributed by atoms with Crippen LogP contribution in [0.4, 0.5) is 5.69 Å². The quantitative estimate of drug-likeness (QED) is 0.267. The highest BCUT2D eigenvalue weighted by Crippen LogP contribution is 2.34. The van der Waals surface area contributed by atoms with Crippen LogP contribution in [-0.2, 0) is 26.2 Å². The van der Waals surface area contributed by atoms with Crippen LogP contribution in [0.2, 0.25) is 10.0 Å². The van der Waals surface area contributed by atoms with Crippen molar-refractivity contribution >= 4 is 50.7 Å². The summed E-state index contributed by atoms with van der Waals surface area (Å²) in [5.41, 5.74) is 1.48. The first-order chi connectivity index (χ1) is 20.0. The number of anilines is 1. The standard InChI is InChI=1S/C30H35Cl2N3O6S/c1-6-26(30(37)33-7-2)34(18-23-24(31)9-8-10-25(23)32)29(36)19-35(21-13-16-27(40-4)28(17-21)41-5)42(38,39)22-14-11-20(3)12-15-22/h8-17,26H,6-7,18-19H2,1-5H3,(H,33,37)/t26-/m0/s1. The minimum absolute atomic E-state index is 0.00727. The van der Waals surface area contributed by atoms with E-state index in [2.05, 4.69) is 5.32 Å². The first-order valence-corrected chi connectivity index (χ1v) is 15.5. The summed E-state index contributed by atoms with van der Waals surface area (Å²) in [6.07, 6.45) is 0.265. The number of rotatable bonds is 13. The Morgan fingerprint density at radius 1 is 0.929 bits per heavy atom. The van der Waals surface area contributed by atoms with Gasteiger partial charge in [0.2, 0.25) is 11.8 Å². The second kappa shape index (κ2) is 14.6. The first kappa shape index (κ1) is 33.0. The Kier molecular flexibility index (Phi) is 11.5. The molecule has 3 aromatic carbocycles. The minimum Gasteiger partial charge on any atom is -0.493 e. The zero-order chi connectivity index (χ0) is 31.0. The highest BCUT2D eigenvalue weighted by molar-refractivity contribution is 7.92. The second-order valence-electron chi connectivity index (χ2n) is 9.40. The number of sulfonamides is 1. The van der Waals surface area contributed by atoms with Crippen molar-refractivity contribution in [3.8, 4) is 11.5 Å². The fraction of sp³-hybridized carbons (Fsp3) is 0.333. The maximum absolute atomic E-state index is 14.2. The smallest absolute Gasteiger partial charge is 0.264 e. The Bertz CT molecular complexity index is 1500. The van der Waals surface area contributed by atoms with Crippen LogP contribution in [-0.4, -0.2) is 58.5 Å². The summed E-state index contributed by atoms with van der Waals surface area (Å²) in [5.74, 6) is -0.345. The molecular weight excluding hydrogens is 601 g/mol. The van der Waals surface area contributed by atoms with Gasteiger partial charge in [-0.3, -0.25) is 13.9 Å². The van der Waals surface area contributed by atoms with Gasteiger partial charge in [-0.2, -0.15) is 0 Å². The summed E-state index contributed by atoms with van der Waals surface area (Å²) in [4.78, 5) is 28.6. The van der Waals surface area contributed by atoms with Gasteiger partial charge in [-0.25, -0.2) is 8.42 Å². The Labute approximate surface area is 257 Å². The monoisotopic (exact) mass is 635 g/mol. The number of ether oxygens (including phenoxy) is 2. The van der Waals surface area contributed by atoms with Crippen molar-refractivity contribution in [2.45, 2.75) is 44.7 Å². The summed E-state index contributed by atoms with van der Waals surface area (Å²) in [6, 6.07) is 14.9. The molecule has 1 atom stereocenters. The number of halogens is 2. The number of aryl methyl sites for hydroxylation is 1. The van der Waals surface area contributed by atoms with Gasteiger partial charge in [0.05, 0.1) is 24.8 Å². The lowest BCUT2D eigenvalue weighted by Crippen LogP contribution is -2.52. The topological polar surface area (TPSA) is 105 Å². The van der Waals surface area contributed by atoms with Crippen LogP contribution in [0.5, 0.6) is 11.5 Å². The van der Waals surface area contributed by atoms with E-state index in [0.29, 0.717) is 27.9 Å². The molecule has 0 saturated heterocycles. The number of hydrogen-bond acceptors (Lipinski definition) is 6. The van der Waals surface area contributed by atoms with E-state index in [1.165, 1.54) is 43.4 Å². The van der Waals surface area contributed by atoms with Crippen molar-refractivity contribution in [1.29, 1.82) is 0 Å². The van der Waals surface area contributed by atoms with Crippen LogP contribution >= 0.6 is 23.2 Å². The van der Waals surface area contributed by atoms with E-state index in [4.69, 9.17) is 32.7 Å². The lowest BCUT2D eigenvalue weighted by molar-refractivity contribution is -0.140. The zero-order valence-electron chi connectivity index (χ0n) is 24.2. The average molecular weight is 637 g/mol. The molecular formula is C30H35Cl2N3O6S. The third-order valence-electron chi connectivity index (χ3n) is 6.67. The highest BCUT2D eigenvalue weighted by Gasteiger charge is 2.34. The molecule has 0 spiro atoms. The molecule has 9 nitrogen and oxygen atoms in total. The molecule has 0 radical (unpaired) electrons. The molecule has 0 unspecified atom stereocenters. The second-order valence-corrected chi connectivity index (χ2v) is 12.1. The van der Waals surface area contributed by atoms with Gasteiger partial charge in [0.25, 0.3) is 10.0 Å². The molecule has 0 bridgehead atoms. The van der Waals surface area contributed by atoms with Crippen LogP contribution in [0.3, 0.4) is 0 Å². The molecule has 0 aliphatic heterocycles. The Morgan fingerprint density at radius 2 is 1.55 bits per heavy atom. The Hall–Kier alpha value is -3.47. The maximum Gasteiger partial charge on any atom is 0.264 e. The third kappa shape index (κ3) is 7.48. The number of methoxy groups -OCH3 is 2. The molecule has 0 aliphatic carbocycles. The molecule has 1 N–H and O–H groups in total. The number of carbonyl (C=O) groups is 2. The number of carbonyl (C=O) groups excluding carboxylic acids is 2. The van der Waals surface area contributed by atoms with Crippen molar-refractivity contribution in [2.75, 3.05) is 31.6 Å². The number of nitrogens with zero attached hydrogens (tertiary/aromatic N) is 2. The molecule has 0 aromatic heterocycles. The SMILES string of the molecule is CCNC(=O)[C@H](CC)N(Cc1c(Cl)cccc1Cl)C(=O)CN(c1ccc(OC)c(OC)c1)S(=O)(=O)c1ccc(C)cc1. The molecule has 2 amide bonds. The molecule has 3 rings (SSSR count). The first-order valence-electron chi connectivity index (χ1n) is 13.3. The summed E-state index contributed by atoms with van der Waals surface area (Å²) < 4.78 is 39.8. The average Bonchev–Trinajstić information content (AvgIpc) is 2.97. The molecule has 0 heterocycles. The van der Waals surface area contributed by atoms with Crippen molar-refractivity contribution in [2.24, 2.45) is 0 Å². The molecule has 0 aliphatic rings. The molecule has 0 fully saturated rings. The molecule has 226 valence electrons. The van der Waals surface area contributed by atoms with Gasteiger partial charge in [0.15, 0.2) is 11.5 Å². The van der Waals surface area contributed by atoms with Gasteiger partial charge >= 0.3 is 0 Å². The van der Waals surface area contributed by atoms with Crippen molar-refractivity contribution in [3.63, 3.8) is 0 Å². The van der Waals surface area contributed by atoms with Gasteiger partial charge < -0.3 is 19.7 Å². The lowest BCUT2D eigenvalue weighted by Gasteiger charge is -2.33. The van der Waals surface area contributed by atoms with Gasteiger partial charge in [-0.15, -0.1) is 0 Å².